The first-order valence-electron chi connectivity index (χ1n) is 20.1. The van der Waals surface area contributed by atoms with Crippen molar-refractivity contribution in [2.75, 3.05) is 36.9 Å². The van der Waals surface area contributed by atoms with Crippen molar-refractivity contribution in [3.05, 3.63) is 71.8 Å². The van der Waals surface area contributed by atoms with Crippen LogP contribution >= 0.6 is 0 Å². The molecule has 0 radical (unpaired) electrons. The summed E-state index contributed by atoms with van der Waals surface area (Å²) < 4.78 is 11.7. The second kappa shape index (κ2) is 18.5. The van der Waals surface area contributed by atoms with E-state index >= 15 is 0 Å². The van der Waals surface area contributed by atoms with Crippen LogP contribution in [0, 0.1) is 0 Å². The molecule has 18 nitrogen and oxygen atoms in total. The molecule has 4 aromatic heterocycles. The van der Waals surface area contributed by atoms with E-state index in [1.165, 1.54) is 0 Å². The van der Waals surface area contributed by atoms with E-state index in [1.807, 2.05) is 52.0 Å². The fourth-order valence-electron chi connectivity index (χ4n) is 6.67. The Hall–Kier alpha value is -6.08. The first-order valence-corrected chi connectivity index (χ1v) is 20.1. The van der Waals surface area contributed by atoms with Gasteiger partial charge in [-0.1, -0.05) is 0 Å². The van der Waals surface area contributed by atoms with Crippen LogP contribution in [0.2, 0.25) is 0 Å². The summed E-state index contributed by atoms with van der Waals surface area (Å²) in [6.45, 7) is 16.5. The Labute approximate surface area is 347 Å². The molecule has 2 aromatic carbocycles. The number of urea groups is 2. The van der Waals surface area contributed by atoms with Crippen molar-refractivity contribution >= 4 is 46.0 Å². The van der Waals surface area contributed by atoms with Crippen molar-refractivity contribution in [2.24, 2.45) is 0 Å². The molecule has 0 unspecified atom stereocenters. The average Bonchev–Trinajstić information content (AvgIpc) is 3.97. The summed E-state index contributed by atoms with van der Waals surface area (Å²) in [4.78, 5) is 56.4. The molecular formula is C42H54N12O6. The zero-order chi connectivity index (χ0) is 43.2. The van der Waals surface area contributed by atoms with Crippen LogP contribution in [-0.2, 0) is 20.7 Å². The molecule has 8 N–H and O–H groups in total. The van der Waals surface area contributed by atoms with Crippen molar-refractivity contribution < 1.29 is 29.3 Å². The van der Waals surface area contributed by atoms with Gasteiger partial charge >= 0.3 is 12.1 Å². The Morgan fingerprint density at radius 1 is 0.767 bits per heavy atom. The number of aromatic amines is 2. The number of nitrogens with one attached hydrogen (secondary N) is 6. The summed E-state index contributed by atoms with van der Waals surface area (Å²) in [5.41, 5.74) is 6.07. The van der Waals surface area contributed by atoms with Crippen molar-refractivity contribution in [3.8, 4) is 22.3 Å². The number of anilines is 2. The quantitative estimate of drug-likeness (QED) is 0.0640. The summed E-state index contributed by atoms with van der Waals surface area (Å²) in [7, 11) is 0. The van der Waals surface area contributed by atoms with E-state index in [1.54, 1.807) is 52.5 Å². The first-order chi connectivity index (χ1) is 28.6. The van der Waals surface area contributed by atoms with Crippen LogP contribution < -0.4 is 21.3 Å². The molecule has 1 fully saturated rings. The lowest BCUT2D eigenvalue weighted by molar-refractivity contribution is 0.0682. The van der Waals surface area contributed by atoms with Gasteiger partial charge in [0.05, 0.1) is 34.3 Å². The van der Waals surface area contributed by atoms with Gasteiger partial charge in [-0.3, -0.25) is 10.6 Å². The van der Waals surface area contributed by atoms with E-state index in [0.29, 0.717) is 49.8 Å². The number of aromatic nitrogens is 8. The maximum Gasteiger partial charge on any atom is 0.321 e. The average molecular weight is 823 g/mol. The molecule has 18 heteroatoms. The summed E-state index contributed by atoms with van der Waals surface area (Å²) >= 11 is 0. The van der Waals surface area contributed by atoms with Gasteiger partial charge in [-0.15, -0.1) is 0 Å². The number of benzene rings is 2. The van der Waals surface area contributed by atoms with Crippen molar-refractivity contribution in [1.82, 2.24) is 50.5 Å². The fraction of sp³-hybridized carbons (Fsp3) is 0.429. The van der Waals surface area contributed by atoms with Gasteiger partial charge in [0.2, 0.25) is 11.9 Å². The number of H-pyrrole nitrogens is 2. The lowest BCUT2D eigenvalue weighted by Gasteiger charge is -2.16. The van der Waals surface area contributed by atoms with Crippen LogP contribution in [0.15, 0.2) is 49.1 Å². The van der Waals surface area contributed by atoms with Crippen LogP contribution in [0.1, 0.15) is 103 Å². The minimum absolute atomic E-state index is 0.0513. The van der Waals surface area contributed by atoms with Gasteiger partial charge < -0.3 is 40.3 Å². The Kier molecular flexibility index (Phi) is 13.4. The molecule has 4 amide bonds. The molecule has 6 aromatic rings. The predicted octanol–water partition coefficient (Wildman–Crippen LogP) is 6.73. The molecule has 318 valence electrons. The van der Waals surface area contributed by atoms with Gasteiger partial charge in [0.1, 0.15) is 11.2 Å². The lowest BCUT2D eigenvalue weighted by atomic mass is 9.99. The van der Waals surface area contributed by atoms with Gasteiger partial charge in [0.15, 0.2) is 11.6 Å². The minimum atomic E-state index is -1.11. The van der Waals surface area contributed by atoms with E-state index in [2.05, 4.69) is 61.1 Å². The predicted molar refractivity (Wildman–Crippen MR) is 228 cm³/mol. The number of aliphatic hydroxyl groups is 2. The Morgan fingerprint density at radius 2 is 1.25 bits per heavy atom. The number of amides is 4. The topological polar surface area (TPSA) is 250 Å². The summed E-state index contributed by atoms with van der Waals surface area (Å²) in [5, 5.41) is 31.0. The Balaban J connectivity index is 0.000000201. The van der Waals surface area contributed by atoms with Crippen LogP contribution in [0.3, 0.4) is 0 Å². The highest BCUT2D eigenvalue weighted by molar-refractivity contribution is 5.93. The molecule has 0 bridgehead atoms. The summed E-state index contributed by atoms with van der Waals surface area (Å²) in [5.74, 6) is 1.44. The van der Waals surface area contributed by atoms with Crippen LogP contribution in [0.4, 0.5) is 21.5 Å². The minimum Gasteiger partial charge on any atom is -0.382 e. The largest absolute Gasteiger partial charge is 0.382 e. The van der Waals surface area contributed by atoms with Gasteiger partial charge in [0.25, 0.3) is 0 Å². The Bertz CT molecular complexity index is 2410. The number of fused-ring (bicyclic) bond motifs is 2. The zero-order valence-corrected chi connectivity index (χ0v) is 35.2. The fourth-order valence-corrected chi connectivity index (χ4v) is 6.67. The SMILES string of the molecule is CCNC(=O)Nc1nc2c([C@@H](C)OCC)cc(-c3cnc(C(C)(C)O)nc3)cc2[nH]1.CCNC(=O)Nc1nc2c([C@H]3CCCO3)cc(-c3cnc(C(C)(C)O)nc3)cc2[nH]1. The smallest absolute Gasteiger partial charge is 0.321 e. The van der Waals surface area contributed by atoms with E-state index in [-0.39, 0.29) is 24.3 Å². The lowest BCUT2D eigenvalue weighted by Crippen LogP contribution is -2.28. The number of carbonyl (C=O) groups is 2. The molecule has 1 aliphatic heterocycles. The molecule has 1 aliphatic rings. The van der Waals surface area contributed by atoms with Crippen molar-refractivity contribution in [2.45, 2.75) is 91.6 Å². The number of hydrogen-bond donors (Lipinski definition) is 8. The van der Waals surface area contributed by atoms with Crippen LogP contribution in [0.5, 0.6) is 0 Å². The number of ether oxygens (including phenoxy) is 2. The highest BCUT2D eigenvalue weighted by atomic mass is 16.5. The molecule has 7 rings (SSSR count). The third kappa shape index (κ3) is 10.4. The zero-order valence-electron chi connectivity index (χ0n) is 35.2. The number of hydrogen-bond acceptors (Lipinski definition) is 12. The number of carbonyl (C=O) groups excluding carboxylic acids is 2. The first kappa shape index (κ1) is 43.5. The normalized spacial score (nSPS) is 14.7. The molecule has 2 atom stereocenters. The van der Waals surface area contributed by atoms with Gasteiger partial charge in [-0.05, 0) is 104 Å². The molecule has 60 heavy (non-hydrogen) atoms. The van der Waals surface area contributed by atoms with Crippen LogP contribution in [0.25, 0.3) is 44.3 Å². The molecule has 5 heterocycles. The third-order valence-electron chi connectivity index (χ3n) is 9.57. The number of nitrogens with zero attached hydrogens (tertiary/aromatic N) is 6. The highest BCUT2D eigenvalue weighted by Crippen LogP contribution is 2.37. The molecule has 1 saturated heterocycles. The number of rotatable bonds is 12. The van der Waals surface area contributed by atoms with Crippen LogP contribution in [-0.4, -0.2) is 88.5 Å². The van der Waals surface area contributed by atoms with Gasteiger partial charge in [0, 0.05) is 73.3 Å². The standard InChI is InChI=1S/C21H26N6O3.C21H28N6O3/c1-4-22-20(28)27-19-25-15-9-12(13-10-23-18(24-11-13)21(2,3)29)8-14(17(15)26-19)16-6-5-7-30-16;1-6-22-20(28)27-19-25-16-9-13(8-15(17(16)26-19)12(3)30-7-2)14-10-23-18(24-11-14)21(4,5)29/h8-11,16,29H,4-7H2,1-3H3,(H3,22,25,26,27,28);8-12,29H,6-7H2,1-5H3,(H3,22,25,26,27,28)/t16-;12-/m11/s1. The van der Waals surface area contributed by atoms with Gasteiger partial charge in [-0.2, -0.15) is 0 Å². The molecular weight excluding hydrogens is 769 g/mol. The van der Waals surface area contributed by atoms with Crippen molar-refractivity contribution in [3.63, 3.8) is 0 Å². The monoisotopic (exact) mass is 822 g/mol. The van der Waals surface area contributed by atoms with E-state index < -0.39 is 11.2 Å². The maximum absolute atomic E-state index is 11.9. The second-order valence-corrected chi connectivity index (χ2v) is 15.4. The summed E-state index contributed by atoms with van der Waals surface area (Å²) in [6.07, 6.45) is 8.42. The molecule has 0 spiro atoms. The van der Waals surface area contributed by atoms with E-state index in [0.717, 1.165) is 68.3 Å². The second-order valence-electron chi connectivity index (χ2n) is 15.4. The molecule has 0 aliphatic carbocycles. The van der Waals surface area contributed by atoms with Crippen molar-refractivity contribution in [1.29, 1.82) is 0 Å². The third-order valence-corrected chi connectivity index (χ3v) is 9.57. The number of imidazole rings is 2. The molecule has 0 saturated carbocycles. The van der Waals surface area contributed by atoms with E-state index in [4.69, 9.17) is 9.47 Å². The van der Waals surface area contributed by atoms with E-state index in [9.17, 15) is 19.8 Å². The highest BCUT2D eigenvalue weighted by Gasteiger charge is 2.25. The summed E-state index contributed by atoms with van der Waals surface area (Å²) in [6, 6.07) is 7.26. The Morgan fingerprint density at radius 3 is 1.70 bits per heavy atom. The maximum atomic E-state index is 11.9. The van der Waals surface area contributed by atoms with Gasteiger partial charge in [-0.25, -0.2) is 39.5 Å².